The molecule has 0 aromatic rings. The molecule has 6 heteroatoms. The van der Waals surface area contributed by atoms with Gasteiger partial charge < -0.3 is 4.90 Å². The van der Waals surface area contributed by atoms with E-state index in [0.717, 1.165) is 0 Å². The number of carbonyl (C=O) groups is 1. The van der Waals surface area contributed by atoms with E-state index in [9.17, 15) is 18.0 Å². The number of alkyl halides is 3. The van der Waals surface area contributed by atoms with E-state index in [1.165, 1.54) is 4.90 Å². The maximum absolute atomic E-state index is 12.1. The van der Waals surface area contributed by atoms with Crippen molar-refractivity contribution in [2.75, 3.05) is 13.1 Å². The lowest BCUT2D eigenvalue weighted by molar-refractivity contribution is -0.183. The Bertz CT molecular complexity index is 198. The van der Waals surface area contributed by atoms with E-state index in [1.807, 2.05) is 0 Å². The molecule has 1 saturated heterocycles. The van der Waals surface area contributed by atoms with E-state index in [2.05, 4.69) is 0 Å². The molecule has 0 N–H and O–H groups in total. The van der Waals surface area contributed by atoms with E-state index in [1.54, 1.807) is 0 Å². The third kappa shape index (κ3) is 2.76. The van der Waals surface area contributed by atoms with Crippen LogP contribution in [-0.4, -0.2) is 29.5 Å². The number of amides is 1. The molecule has 0 spiro atoms. The highest BCUT2D eigenvalue weighted by Gasteiger charge is 2.41. The molecule has 0 aromatic carbocycles. The average Bonchev–Trinajstić information content (AvgIpc) is 2.03. The second-order valence-electron chi connectivity index (χ2n) is 3.06. The first-order valence-electron chi connectivity index (χ1n) is 3.92. The normalized spacial score (nSPS) is 20.5. The van der Waals surface area contributed by atoms with Gasteiger partial charge in [-0.15, -0.1) is 0 Å². The number of likely N-dealkylation sites (tertiary alicyclic amines) is 1. The Labute approximate surface area is 78.6 Å². The standard InChI is InChI=1S/C7H9ClF3NO/c8-6(13)12-3-1-5(2-4-12)7(9,10)11/h5H,1-4H2. The number of nitrogens with zero attached hydrogens (tertiary/aromatic N) is 1. The van der Waals surface area contributed by atoms with Gasteiger partial charge in [-0.25, -0.2) is 0 Å². The van der Waals surface area contributed by atoms with Crippen molar-refractivity contribution in [2.24, 2.45) is 5.92 Å². The predicted molar refractivity (Wildman–Crippen MR) is 41.6 cm³/mol. The molecule has 1 aliphatic heterocycles. The summed E-state index contributed by atoms with van der Waals surface area (Å²) in [7, 11) is 0. The van der Waals surface area contributed by atoms with Crippen molar-refractivity contribution in [3.05, 3.63) is 0 Å². The number of halogens is 4. The van der Waals surface area contributed by atoms with Gasteiger partial charge in [-0.3, -0.25) is 4.79 Å². The monoisotopic (exact) mass is 215 g/mol. The molecule has 2 nitrogen and oxygen atoms in total. The first-order chi connectivity index (χ1) is 5.91. The number of carbonyl (C=O) groups excluding carboxylic acids is 1. The van der Waals surface area contributed by atoms with Gasteiger partial charge in [0, 0.05) is 13.1 Å². The first-order valence-corrected chi connectivity index (χ1v) is 4.30. The van der Waals surface area contributed by atoms with Gasteiger partial charge in [-0.1, -0.05) is 0 Å². The summed E-state index contributed by atoms with van der Waals surface area (Å²) in [4.78, 5) is 11.8. The molecular formula is C7H9ClF3NO. The van der Waals surface area contributed by atoms with Crippen molar-refractivity contribution in [1.82, 2.24) is 4.90 Å². The molecule has 1 amide bonds. The van der Waals surface area contributed by atoms with Gasteiger partial charge in [0.05, 0.1) is 5.92 Å². The van der Waals surface area contributed by atoms with E-state index < -0.39 is 17.5 Å². The molecule has 0 atom stereocenters. The van der Waals surface area contributed by atoms with Gasteiger partial charge in [0.25, 0.3) is 0 Å². The van der Waals surface area contributed by atoms with E-state index in [-0.39, 0.29) is 25.9 Å². The quantitative estimate of drug-likeness (QED) is 0.449. The molecule has 1 fully saturated rings. The minimum absolute atomic E-state index is 0.0397. The predicted octanol–water partition coefficient (Wildman–Crippen LogP) is 2.62. The smallest absolute Gasteiger partial charge is 0.329 e. The van der Waals surface area contributed by atoms with Crippen LogP contribution in [-0.2, 0) is 0 Å². The molecule has 1 rings (SSSR count). The van der Waals surface area contributed by atoms with Crippen LogP contribution in [0.2, 0.25) is 0 Å². The molecular weight excluding hydrogens is 207 g/mol. The van der Waals surface area contributed by atoms with Gasteiger partial charge in [-0.05, 0) is 24.4 Å². The van der Waals surface area contributed by atoms with Crippen LogP contribution in [0.25, 0.3) is 0 Å². The number of rotatable bonds is 0. The lowest BCUT2D eigenvalue weighted by Crippen LogP contribution is -2.40. The maximum Gasteiger partial charge on any atom is 0.391 e. The molecule has 1 aliphatic rings. The Hall–Kier alpha value is -0.450. The molecule has 0 bridgehead atoms. The Morgan fingerprint density at radius 2 is 1.77 bits per heavy atom. The second-order valence-corrected chi connectivity index (χ2v) is 3.38. The fourth-order valence-corrected chi connectivity index (χ4v) is 1.55. The zero-order valence-corrected chi connectivity index (χ0v) is 7.53. The van der Waals surface area contributed by atoms with Gasteiger partial charge in [-0.2, -0.15) is 13.2 Å². The zero-order valence-electron chi connectivity index (χ0n) is 6.77. The minimum atomic E-state index is -4.14. The summed E-state index contributed by atoms with van der Waals surface area (Å²) in [5.41, 5.74) is 0. The van der Waals surface area contributed by atoms with Crippen molar-refractivity contribution >= 4 is 17.0 Å². The van der Waals surface area contributed by atoms with Gasteiger partial charge >= 0.3 is 11.5 Å². The van der Waals surface area contributed by atoms with Crippen molar-refractivity contribution in [2.45, 2.75) is 19.0 Å². The lowest BCUT2D eigenvalue weighted by atomic mass is 9.97. The summed E-state index contributed by atoms with van der Waals surface area (Å²) in [5, 5.41) is -0.666. The summed E-state index contributed by atoms with van der Waals surface area (Å²) in [5.74, 6) is -1.28. The molecule has 0 unspecified atom stereocenters. The first kappa shape index (κ1) is 10.6. The lowest BCUT2D eigenvalue weighted by Gasteiger charge is -2.31. The van der Waals surface area contributed by atoms with Crippen molar-refractivity contribution in [3.8, 4) is 0 Å². The van der Waals surface area contributed by atoms with Gasteiger partial charge in [0.2, 0.25) is 0 Å². The molecule has 0 aromatic heterocycles. The second kappa shape index (κ2) is 3.74. The summed E-state index contributed by atoms with van der Waals surface area (Å²) < 4.78 is 36.4. The average molecular weight is 216 g/mol. The van der Waals surface area contributed by atoms with Crippen LogP contribution in [0, 0.1) is 5.92 Å². The summed E-state index contributed by atoms with van der Waals surface area (Å²) in [6.45, 7) is 0.207. The Balaban J connectivity index is 2.44. The third-order valence-electron chi connectivity index (χ3n) is 2.21. The molecule has 76 valence electrons. The molecule has 1 heterocycles. The third-order valence-corrected chi connectivity index (χ3v) is 2.45. The largest absolute Gasteiger partial charge is 0.391 e. The van der Waals surface area contributed by atoms with Gasteiger partial charge in [0.1, 0.15) is 0 Å². The Morgan fingerprint density at radius 1 is 1.31 bits per heavy atom. The maximum atomic E-state index is 12.1. The zero-order chi connectivity index (χ0) is 10.1. The molecule has 0 saturated carbocycles. The number of hydrogen-bond donors (Lipinski definition) is 0. The number of piperidine rings is 1. The van der Waals surface area contributed by atoms with E-state index >= 15 is 0 Å². The molecule has 13 heavy (non-hydrogen) atoms. The topological polar surface area (TPSA) is 20.3 Å². The fourth-order valence-electron chi connectivity index (χ4n) is 1.38. The summed E-state index contributed by atoms with van der Waals surface area (Å²) >= 11 is 5.12. The highest BCUT2D eigenvalue weighted by atomic mass is 35.5. The van der Waals surface area contributed by atoms with Crippen LogP contribution in [0.1, 0.15) is 12.8 Å². The van der Waals surface area contributed by atoms with Crippen LogP contribution >= 0.6 is 11.6 Å². The highest BCUT2D eigenvalue weighted by molar-refractivity contribution is 6.62. The van der Waals surface area contributed by atoms with Gasteiger partial charge in [0.15, 0.2) is 0 Å². The Kier molecular flexibility index (Phi) is 3.05. The van der Waals surface area contributed by atoms with Crippen LogP contribution in [0.5, 0.6) is 0 Å². The Morgan fingerprint density at radius 3 is 2.08 bits per heavy atom. The summed E-state index contributed by atoms with van der Waals surface area (Å²) in [6, 6.07) is 0. The fraction of sp³-hybridized carbons (Fsp3) is 0.857. The van der Waals surface area contributed by atoms with Crippen molar-refractivity contribution in [3.63, 3.8) is 0 Å². The van der Waals surface area contributed by atoms with Crippen LogP contribution in [0.4, 0.5) is 18.0 Å². The van der Waals surface area contributed by atoms with E-state index in [4.69, 9.17) is 11.6 Å². The highest BCUT2D eigenvalue weighted by Crippen LogP contribution is 2.34. The molecule has 0 radical (unpaired) electrons. The summed E-state index contributed by atoms with van der Waals surface area (Å²) in [6.07, 6.45) is -4.22. The van der Waals surface area contributed by atoms with Crippen molar-refractivity contribution in [1.29, 1.82) is 0 Å². The van der Waals surface area contributed by atoms with Crippen LogP contribution in [0.3, 0.4) is 0 Å². The SMILES string of the molecule is O=C(Cl)N1CCC(C(F)(F)F)CC1. The van der Waals surface area contributed by atoms with Crippen LogP contribution in [0.15, 0.2) is 0 Å². The minimum Gasteiger partial charge on any atom is -0.329 e. The van der Waals surface area contributed by atoms with Crippen LogP contribution < -0.4 is 0 Å². The van der Waals surface area contributed by atoms with Crippen molar-refractivity contribution < 1.29 is 18.0 Å². The van der Waals surface area contributed by atoms with E-state index in [0.29, 0.717) is 0 Å². The number of hydrogen-bond acceptors (Lipinski definition) is 1. The molecule has 0 aliphatic carbocycles.